The van der Waals surface area contributed by atoms with Gasteiger partial charge in [0.05, 0.1) is 27.1 Å². The molecule has 9 aromatic rings. The Bertz CT molecular complexity index is 2430. The van der Waals surface area contributed by atoms with Gasteiger partial charge in [0.15, 0.2) is 0 Å². The molecule has 9 rings (SSSR count). The van der Waals surface area contributed by atoms with Crippen LogP contribution >= 0.6 is 11.3 Å². The minimum absolute atomic E-state index is 0.963. The van der Waals surface area contributed by atoms with Gasteiger partial charge in [0.25, 0.3) is 0 Å². The van der Waals surface area contributed by atoms with E-state index in [1.165, 1.54) is 53.6 Å². The fraction of sp³-hybridized carbons (Fsp3) is 0. The fourth-order valence-electron chi connectivity index (χ4n) is 6.64. The predicted octanol–water partition coefficient (Wildman–Crippen LogP) is 12.1. The van der Waals surface area contributed by atoms with Crippen LogP contribution in [0.3, 0.4) is 0 Å². The van der Waals surface area contributed by atoms with Crippen molar-refractivity contribution in [3.05, 3.63) is 170 Å². The highest BCUT2D eigenvalue weighted by Crippen LogP contribution is 2.45. The maximum Gasteiger partial charge on any atom is 0.0727 e. The molecule has 216 valence electrons. The first-order valence-electron chi connectivity index (χ1n) is 15.6. The number of hydrogen-bond acceptors (Lipinski definition) is 2. The van der Waals surface area contributed by atoms with Crippen molar-refractivity contribution in [3.63, 3.8) is 0 Å². The number of rotatable bonds is 5. The highest BCUT2D eigenvalue weighted by atomic mass is 32.1. The molecule has 0 spiro atoms. The normalized spacial score (nSPS) is 11.5. The van der Waals surface area contributed by atoms with Gasteiger partial charge in [0, 0.05) is 37.9 Å². The molecule has 3 aromatic heterocycles. The SMILES string of the molecule is c1ccc(-c2cc(-c3ccccc3)nc(-c3ccc(-c4cccc5c6sc7ccccc7c6n(-c6ccccc6)c45)cc3)c2)cc1. The number of hydrogen-bond donors (Lipinski definition) is 0. The summed E-state index contributed by atoms with van der Waals surface area (Å²) >= 11 is 1.88. The Labute approximate surface area is 271 Å². The molecular weight excluding hydrogens is 577 g/mol. The molecule has 2 nitrogen and oxygen atoms in total. The zero-order chi connectivity index (χ0) is 30.5. The topological polar surface area (TPSA) is 17.8 Å². The van der Waals surface area contributed by atoms with Gasteiger partial charge in [-0.3, -0.25) is 0 Å². The summed E-state index contributed by atoms with van der Waals surface area (Å²) in [6.07, 6.45) is 0. The van der Waals surface area contributed by atoms with E-state index >= 15 is 0 Å². The lowest BCUT2D eigenvalue weighted by Crippen LogP contribution is -1.95. The maximum absolute atomic E-state index is 5.15. The van der Waals surface area contributed by atoms with Gasteiger partial charge in [-0.15, -0.1) is 11.3 Å². The average molecular weight is 605 g/mol. The van der Waals surface area contributed by atoms with E-state index in [4.69, 9.17) is 4.98 Å². The van der Waals surface area contributed by atoms with Gasteiger partial charge < -0.3 is 4.57 Å². The second kappa shape index (κ2) is 11.0. The van der Waals surface area contributed by atoms with Gasteiger partial charge in [-0.05, 0) is 47.0 Å². The van der Waals surface area contributed by atoms with Crippen molar-refractivity contribution < 1.29 is 0 Å². The smallest absolute Gasteiger partial charge is 0.0727 e. The van der Waals surface area contributed by atoms with Gasteiger partial charge in [-0.1, -0.05) is 140 Å². The van der Waals surface area contributed by atoms with Crippen molar-refractivity contribution in [1.82, 2.24) is 9.55 Å². The lowest BCUT2D eigenvalue weighted by Gasteiger charge is -2.13. The van der Waals surface area contributed by atoms with Gasteiger partial charge in [0.2, 0.25) is 0 Å². The monoisotopic (exact) mass is 604 g/mol. The Balaban J connectivity index is 1.22. The number of benzene rings is 6. The number of para-hydroxylation sites is 2. The molecule has 0 fully saturated rings. The van der Waals surface area contributed by atoms with Crippen LogP contribution in [0.25, 0.3) is 81.7 Å². The predicted molar refractivity (Wildman–Crippen MR) is 196 cm³/mol. The summed E-state index contributed by atoms with van der Waals surface area (Å²) in [5.74, 6) is 0. The Kier molecular flexibility index (Phi) is 6.36. The van der Waals surface area contributed by atoms with Crippen LogP contribution in [0.2, 0.25) is 0 Å². The zero-order valence-electron chi connectivity index (χ0n) is 25.0. The summed E-state index contributed by atoms with van der Waals surface area (Å²) < 4.78 is 5.10. The molecule has 3 heteroatoms. The Morgan fingerprint density at radius 3 is 1.70 bits per heavy atom. The van der Waals surface area contributed by atoms with Gasteiger partial charge in [-0.25, -0.2) is 4.98 Å². The lowest BCUT2D eigenvalue weighted by atomic mass is 9.98. The molecule has 3 heterocycles. The van der Waals surface area contributed by atoms with Crippen molar-refractivity contribution >= 4 is 42.5 Å². The van der Waals surface area contributed by atoms with E-state index in [1.807, 2.05) is 17.4 Å². The molecule has 0 amide bonds. The van der Waals surface area contributed by atoms with Crippen LogP contribution in [-0.4, -0.2) is 9.55 Å². The van der Waals surface area contributed by atoms with Gasteiger partial charge in [-0.2, -0.15) is 0 Å². The van der Waals surface area contributed by atoms with Crippen LogP contribution in [0, 0.1) is 0 Å². The van der Waals surface area contributed by atoms with E-state index in [0.29, 0.717) is 0 Å². The molecule has 0 atom stereocenters. The van der Waals surface area contributed by atoms with Crippen LogP contribution in [0.1, 0.15) is 0 Å². The average Bonchev–Trinajstić information content (AvgIpc) is 3.68. The summed E-state index contributed by atoms with van der Waals surface area (Å²) in [5.41, 5.74) is 12.6. The third-order valence-corrected chi connectivity index (χ3v) is 10.00. The number of aromatic nitrogens is 2. The molecular formula is C43H28N2S. The number of nitrogens with zero attached hydrogens (tertiary/aromatic N) is 2. The largest absolute Gasteiger partial charge is 0.307 e. The molecule has 0 aliphatic rings. The summed E-state index contributed by atoms with van der Waals surface area (Å²) in [7, 11) is 0. The first kappa shape index (κ1) is 26.6. The molecule has 0 aliphatic heterocycles. The van der Waals surface area contributed by atoms with E-state index in [1.54, 1.807) is 0 Å². The minimum Gasteiger partial charge on any atom is -0.307 e. The molecule has 6 aromatic carbocycles. The number of pyridine rings is 1. The van der Waals surface area contributed by atoms with Gasteiger partial charge >= 0.3 is 0 Å². The highest BCUT2D eigenvalue weighted by Gasteiger charge is 2.20. The number of thiophene rings is 1. The van der Waals surface area contributed by atoms with Crippen LogP contribution in [0.15, 0.2) is 170 Å². The van der Waals surface area contributed by atoms with Gasteiger partial charge in [0.1, 0.15) is 0 Å². The van der Waals surface area contributed by atoms with Crippen molar-refractivity contribution in [1.29, 1.82) is 0 Å². The Hall–Kier alpha value is -5.77. The second-order valence-electron chi connectivity index (χ2n) is 11.6. The standard InChI is InChI=1S/C43H28N2S/c1-4-13-29(14-5-1)33-27-38(31-15-6-2-7-16-31)44-39(28-33)32-25-23-30(24-26-32)35-20-12-21-37-41(35)45(34-17-8-3-9-18-34)42-36-19-10-11-22-40(36)46-43(37)42/h1-28H. The quantitative estimate of drug-likeness (QED) is 0.191. The second-order valence-corrected chi connectivity index (χ2v) is 12.6. The summed E-state index contributed by atoms with van der Waals surface area (Å²) in [5, 5.41) is 2.58. The first-order valence-corrected chi connectivity index (χ1v) is 16.4. The summed E-state index contributed by atoms with van der Waals surface area (Å²) in [6.45, 7) is 0. The van der Waals surface area contributed by atoms with Crippen molar-refractivity contribution in [3.8, 4) is 50.5 Å². The highest BCUT2D eigenvalue weighted by molar-refractivity contribution is 7.26. The molecule has 0 saturated carbocycles. The van der Waals surface area contributed by atoms with Crippen molar-refractivity contribution in [2.75, 3.05) is 0 Å². The molecule has 46 heavy (non-hydrogen) atoms. The summed E-state index contributed by atoms with van der Waals surface area (Å²) in [6, 6.07) is 60.5. The lowest BCUT2D eigenvalue weighted by molar-refractivity contribution is 1.19. The summed E-state index contributed by atoms with van der Waals surface area (Å²) in [4.78, 5) is 5.15. The van der Waals surface area contributed by atoms with Crippen LogP contribution in [-0.2, 0) is 0 Å². The van der Waals surface area contributed by atoms with E-state index in [0.717, 1.165) is 28.1 Å². The molecule has 0 radical (unpaired) electrons. The molecule has 0 unspecified atom stereocenters. The molecule has 0 saturated heterocycles. The van der Waals surface area contributed by atoms with Crippen LogP contribution in [0.5, 0.6) is 0 Å². The molecule has 0 bridgehead atoms. The zero-order valence-corrected chi connectivity index (χ0v) is 25.8. The maximum atomic E-state index is 5.15. The molecule has 0 N–H and O–H groups in total. The minimum atomic E-state index is 0.963. The fourth-order valence-corrected chi connectivity index (χ4v) is 7.85. The van der Waals surface area contributed by atoms with Crippen LogP contribution in [0.4, 0.5) is 0 Å². The Morgan fingerprint density at radius 2 is 0.978 bits per heavy atom. The van der Waals surface area contributed by atoms with E-state index < -0.39 is 0 Å². The third kappa shape index (κ3) is 4.44. The van der Waals surface area contributed by atoms with E-state index in [-0.39, 0.29) is 0 Å². The van der Waals surface area contributed by atoms with E-state index in [2.05, 4.69) is 168 Å². The van der Waals surface area contributed by atoms with E-state index in [9.17, 15) is 0 Å². The Morgan fingerprint density at radius 1 is 0.413 bits per heavy atom. The van der Waals surface area contributed by atoms with Crippen molar-refractivity contribution in [2.24, 2.45) is 0 Å². The number of fused-ring (bicyclic) bond motifs is 5. The van der Waals surface area contributed by atoms with Crippen molar-refractivity contribution in [2.45, 2.75) is 0 Å². The first-order chi connectivity index (χ1) is 22.8. The molecule has 0 aliphatic carbocycles. The van der Waals surface area contributed by atoms with Crippen LogP contribution < -0.4 is 0 Å². The third-order valence-electron chi connectivity index (χ3n) is 8.81.